The largest absolute Gasteiger partial charge is 0.464 e. The molecule has 1 aromatic heterocycles. The molecule has 1 aromatic rings. The molecular formula is C9H12N2O3S. The Kier molecular flexibility index (Phi) is 2.88. The molecule has 6 heteroatoms. The molecule has 0 amide bonds. The summed E-state index contributed by atoms with van der Waals surface area (Å²) in [7, 11) is 1.34. The number of methoxy groups -OCH3 is 1. The van der Waals surface area contributed by atoms with E-state index in [1.807, 2.05) is 0 Å². The first-order valence-electron chi connectivity index (χ1n) is 4.64. The molecule has 0 saturated carbocycles. The minimum atomic E-state index is -0.426. The highest BCUT2D eigenvalue weighted by Gasteiger charge is 2.27. The highest BCUT2D eigenvalue weighted by Crippen LogP contribution is 2.33. The van der Waals surface area contributed by atoms with E-state index >= 15 is 0 Å². The Bertz CT molecular complexity index is 371. The number of thiazole rings is 1. The van der Waals surface area contributed by atoms with Crippen molar-refractivity contribution in [1.29, 1.82) is 0 Å². The summed E-state index contributed by atoms with van der Waals surface area (Å²) in [6, 6.07) is 0. The number of nitrogens with zero attached hydrogens (tertiary/aromatic N) is 1. The van der Waals surface area contributed by atoms with E-state index in [9.17, 15) is 4.79 Å². The minimum Gasteiger partial charge on any atom is -0.464 e. The summed E-state index contributed by atoms with van der Waals surface area (Å²) in [5.41, 5.74) is 5.94. The first-order valence-corrected chi connectivity index (χ1v) is 5.46. The normalized spacial score (nSPS) is 20.5. The molecule has 2 rings (SSSR count). The van der Waals surface area contributed by atoms with Gasteiger partial charge in [-0.25, -0.2) is 9.78 Å². The van der Waals surface area contributed by atoms with Crippen LogP contribution in [0.2, 0.25) is 0 Å². The van der Waals surface area contributed by atoms with Crippen molar-refractivity contribution in [2.75, 3.05) is 26.1 Å². The zero-order valence-corrected chi connectivity index (χ0v) is 9.17. The molecule has 0 aliphatic carbocycles. The second kappa shape index (κ2) is 4.16. The van der Waals surface area contributed by atoms with Gasteiger partial charge in [0.15, 0.2) is 10.8 Å². The van der Waals surface area contributed by atoms with Crippen LogP contribution < -0.4 is 5.73 Å². The number of hydrogen-bond donors (Lipinski definition) is 1. The smallest absolute Gasteiger partial charge is 0.357 e. The first-order chi connectivity index (χ1) is 7.22. The van der Waals surface area contributed by atoms with E-state index in [0.717, 1.165) is 17.9 Å². The third-order valence-electron chi connectivity index (χ3n) is 2.35. The van der Waals surface area contributed by atoms with Crippen LogP contribution in [0.1, 0.15) is 27.7 Å². The van der Waals surface area contributed by atoms with Crippen LogP contribution in [-0.4, -0.2) is 31.3 Å². The Morgan fingerprint density at radius 1 is 1.73 bits per heavy atom. The molecule has 5 nitrogen and oxygen atoms in total. The number of carbonyl (C=O) groups is 1. The second-order valence-electron chi connectivity index (χ2n) is 3.32. The topological polar surface area (TPSA) is 74.4 Å². The number of rotatable bonds is 2. The molecular weight excluding hydrogens is 216 g/mol. The third kappa shape index (κ3) is 1.95. The lowest BCUT2D eigenvalue weighted by molar-refractivity contribution is 0.0593. The van der Waals surface area contributed by atoms with E-state index in [1.165, 1.54) is 18.4 Å². The van der Waals surface area contributed by atoms with Gasteiger partial charge in [0.2, 0.25) is 0 Å². The fourth-order valence-electron chi connectivity index (χ4n) is 1.61. The number of nitrogen functional groups attached to an aromatic ring is 1. The van der Waals surface area contributed by atoms with Crippen molar-refractivity contribution in [3.63, 3.8) is 0 Å². The van der Waals surface area contributed by atoms with Gasteiger partial charge in [0.25, 0.3) is 0 Å². The average Bonchev–Trinajstić information content (AvgIpc) is 2.84. The summed E-state index contributed by atoms with van der Waals surface area (Å²) in [5, 5.41) is 0.400. The zero-order chi connectivity index (χ0) is 10.8. The van der Waals surface area contributed by atoms with Gasteiger partial charge in [-0.3, -0.25) is 0 Å². The summed E-state index contributed by atoms with van der Waals surface area (Å²) < 4.78 is 9.93. The lowest BCUT2D eigenvalue weighted by Crippen LogP contribution is -2.08. The fraction of sp³-hybridized carbons (Fsp3) is 0.556. The Labute approximate surface area is 91.2 Å². The Morgan fingerprint density at radius 2 is 2.53 bits per heavy atom. The summed E-state index contributed by atoms with van der Waals surface area (Å²) >= 11 is 1.34. The monoisotopic (exact) mass is 228 g/mol. The number of anilines is 1. The molecule has 2 heterocycles. The van der Waals surface area contributed by atoms with E-state index in [-0.39, 0.29) is 5.92 Å². The van der Waals surface area contributed by atoms with Crippen LogP contribution in [0, 0.1) is 0 Å². The maximum Gasteiger partial charge on any atom is 0.357 e. The Balaban J connectivity index is 2.32. The van der Waals surface area contributed by atoms with Crippen LogP contribution in [0.15, 0.2) is 0 Å². The van der Waals surface area contributed by atoms with Crippen LogP contribution >= 0.6 is 11.3 Å². The van der Waals surface area contributed by atoms with Gasteiger partial charge in [-0.1, -0.05) is 0 Å². The highest BCUT2D eigenvalue weighted by molar-refractivity contribution is 7.15. The van der Waals surface area contributed by atoms with Gasteiger partial charge in [-0.15, -0.1) is 11.3 Å². The fourth-order valence-corrected chi connectivity index (χ4v) is 2.55. The van der Waals surface area contributed by atoms with Crippen molar-refractivity contribution >= 4 is 22.4 Å². The van der Waals surface area contributed by atoms with Gasteiger partial charge in [0.1, 0.15) is 0 Å². The Hall–Kier alpha value is -1.14. The molecule has 1 atom stereocenters. The SMILES string of the molecule is COC(=O)c1nc(N)sc1C1CCOC1. The van der Waals surface area contributed by atoms with Gasteiger partial charge in [-0.05, 0) is 6.42 Å². The molecule has 1 aliphatic rings. The number of esters is 1. The summed E-state index contributed by atoms with van der Waals surface area (Å²) in [6.45, 7) is 1.36. The van der Waals surface area contributed by atoms with E-state index in [0.29, 0.717) is 17.4 Å². The van der Waals surface area contributed by atoms with Crippen molar-refractivity contribution in [2.24, 2.45) is 0 Å². The van der Waals surface area contributed by atoms with E-state index in [4.69, 9.17) is 10.5 Å². The minimum absolute atomic E-state index is 0.230. The molecule has 1 saturated heterocycles. The maximum atomic E-state index is 11.4. The van der Waals surface area contributed by atoms with Gasteiger partial charge in [0.05, 0.1) is 13.7 Å². The van der Waals surface area contributed by atoms with Crippen molar-refractivity contribution in [1.82, 2.24) is 4.98 Å². The molecule has 1 aliphatic heterocycles. The number of aromatic nitrogens is 1. The van der Waals surface area contributed by atoms with E-state index in [1.54, 1.807) is 0 Å². The quantitative estimate of drug-likeness (QED) is 0.765. The highest BCUT2D eigenvalue weighted by atomic mass is 32.1. The lowest BCUT2D eigenvalue weighted by Gasteiger charge is -2.05. The number of nitrogens with two attached hydrogens (primary N) is 1. The number of ether oxygens (including phenoxy) is 2. The predicted molar refractivity (Wildman–Crippen MR) is 56.0 cm³/mol. The summed E-state index contributed by atoms with van der Waals surface area (Å²) in [5.74, 6) is -0.196. The van der Waals surface area contributed by atoms with E-state index in [2.05, 4.69) is 9.72 Å². The molecule has 1 fully saturated rings. The standard InChI is InChI=1S/C9H12N2O3S/c1-13-8(12)6-7(15-9(10)11-6)5-2-3-14-4-5/h5H,2-4H2,1H3,(H2,10,11). The van der Waals surface area contributed by atoms with Gasteiger partial charge < -0.3 is 15.2 Å². The number of carbonyl (C=O) groups excluding carboxylic acids is 1. The van der Waals surface area contributed by atoms with Crippen LogP contribution in [-0.2, 0) is 9.47 Å². The number of hydrogen-bond acceptors (Lipinski definition) is 6. The third-order valence-corrected chi connectivity index (χ3v) is 3.40. The van der Waals surface area contributed by atoms with Crippen LogP contribution in [0.3, 0.4) is 0 Å². The van der Waals surface area contributed by atoms with Crippen LogP contribution in [0.25, 0.3) is 0 Å². The van der Waals surface area contributed by atoms with E-state index < -0.39 is 5.97 Å². The van der Waals surface area contributed by atoms with Crippen molar-refractivity contribution in [2.45, 2.75) is 12.3 Å². The molecule has 15 heavy (non-hydrogen) atoms. The second-order valence-corrected chi connectivity index (χ2v) is 4.38. The maximum absolute atomic E-state index is 11.4. The molecule has 82 valence electrons. The molecule has 0 aromatic carbocycles. The summed E-state index contributed by atoms with van der Waals surface area (Å²) in [4.78, 5) is 16.3. The van der Waals surface area contributed by atoms with Gasteiger partial charge in [0, 0.05) is 17.4 Å². The van der Waals surface area contributed by atoms with Crippen molar-refractivity contribution < 1.29 is 14.3 Å². The van der Waals surface area contributed by atoms with Gasteiger partial charge >= 0.3 is 5.97 Å². The molecule has 2 N–H and O–H groups in total. The van der Waals surface area contributed by atoms with Crippen molar-refractivity contribution in [3.8, 4) is 0 Å². The summed E-state index contributed by atoms with van der Waals surface area (Å²) in [6.07, 6.45) is 0.908. The molecule has 0 bridgehead atoms. The molecule has 0 spiro atoms. The van der Waals surface area contributed by atoms with Gasteiger partial charge in [-0.2, -0.15) is 0 Å². The predicted octanol–water partition coefficient (Wildman–Crippen LogP) is 1.02. The van der Waals surface area contributed by atoms with Crippen LogP contribution in [0.4, 0.5) is 5.13 Å². The van der Waals surface area contributed by atoms with Crippen LogP contribution in [0.5, 0.6) is 0 Å². The Morgan fingerprint density at radius 3 is 3.13 bits per heavy atom. The average molecular weight is 228 g/mol. The van der Waals surface area contributed by atoms with Crippen molar-refractivity contribution in [3.05, 3.63) is 10.6 Å². The first kappa shape index (κ1) is 10.4. The molecule has 0 radical (unpaired) electrons. The lowest BCUT2D eigenvalue weighted by atomic mass is 10.1. The molecule has 1 unspecified atom stereocenters. The zero-order valence-electron chi connectivity index (χ0n) is 8.36.